The second kappa shape index (κ2) is 7.05. The molecule has 0 fully saturated rings. The zero-order valence-corrected chi connectivity index (χ0v) is 14.7. The molecule has 1 aliphatic rings. The zero-order chi connectivity index (χ0) is 17.1. The third kappa shape index (κ3) is 3.28. The van der Waals surface area contributed by atoms with Crippen LogP contribution in [0.3, 0.4) is 0 Å². The number of fused-ring (bicyclic) bond motifs is 1. The number of ether oxygens (including phenoxy) is 2. The Labute approximate surface area is 148 Å². The molecule has 1 heterocycles. The number of halogens is 1. The molecule has 0 saturated heterocycles. The minimum absolute atomic E-state index is 0.149. The van der Waals surface area contributed by atoms with Crippen molar-refractivity contribution in [3.05, 3.63) is 58.6 Å². The van der Waals surface area contributed by atoms with Crippen molar-refractivity contribution in [2.75, 3.05) is 18.6 Å². The van der Waals surface area contributed by atoms with Crippen molar-refractivity contribution >= 4 is 33.5 Å². The Morgan fingerprint density at radius 3 is 2.58 bits per heavy atom. The van der Waals surface area contributed by atoms with Gasteiger partial charge in [-0.3, -0.25) is 9.69 Å². The quantitative estimate of drug-likeness (QED) is 0.754. The summed E-state index contributed by atoms with van der Waals surface area (Å²) in [6.07, 6.45) is 0.451. The number of para-hydroxylation sites is 1. The maximum atomic E-state index is 12.7. The molecule has 124 valence electrons. The number of benzene rings is 2. The summed E-state index contributed by atoms with van der Waals surface area (Å²) in [4.78, 5) is 26.2. The molecule has 2 aromatic carbocycles. The van der Waals surface area contributed by atoms with Gasteiger partial charge in [0.05, 0.1) is 7.11 Å². The van der Waals surface area contributed by atoms with Crippen LogP contribution < -0.4 is 9.64 Å². The van der Waals surface area contributed by atoms with Crippen molar-refractivity contribution in [1.82, 2.24) is 0 Å². The van der Waals surface area contributed by atoms with E-state index in [4.69, 9.17) is 9.47 Å². The van der Waals surface area contributed by atoms with Gasteiger partial charge < -0.3 is 9.47 Å². The van der Waals surface area contributed by atoms with Crippen LogP contribution in [0.2, 0.25) is 0 Å². The van der Waals surface area contributed by atoms with Crippen LogP contribution in [0.15, 0.2) is 53.0 Å². The minimum atomic E-state index is -0.645. The van der Waals surface area contributed by atoms with E-state index in [0.29, 0.717) is 12.2 Å². The zero-order valence-electron chi connectivity index (χ0n) is 13.1. The molecule has 0 radical (unpaired) electrons. The van der Waals surface area contributed by atoms with E-state index in [9.17, 15) is 9.59 Å². The highest BCUT2D eigenvalue weighted by Crippen LogP contribution is 2.32. The van der Waals surface area contributed by atoms with Crippen molar-refractivity contribution < 1.29 is 19.1 Å². The lowest BCUT2D eigenvalue weighted by Gasteiger charge is -2.23. The molecule has 24 heavy (non-hydrogen) atoms. The van der Waals surface area contributed by atoms with Gasteiger partial charge in [0.1, 0.15) is 11.8 Å². The molecular formula is C18H16BrNO4. The van der Waals surface area contributed by atoms with E-state index in [1.54, 1.807) is 12.1 Å². The lowest BCUT2D eigenvalue weighted by molar-refractivity contribution is -0.143. The van der Waals surface area contributed by atoms with Crippen molar-refractivity contribution in [3.63, 3.8) is 0 Å². The first kappa shape index (κ1) is 16.5. The van der Waals surface area contributed by atoms with E-state index in [1.165, 1.54) is 12.0 Å². The van der Waals surface area contributed by atoms with E-state index in [0.717, 1.165) is 15.7 Å². The Kier molecular flexibility index (Phi) is 4.85. The normalized spacial score (nSPS) is 15.8. The lowest BCUT2D eigenvalue weighted by Crippen LogP contribution is -2.45. The van der Waals surface area contributed by atoms with Crippen LogP contribution in [-0.2, 0) is 20.7 Å². The second-order valence-corrected chi connectivity index (χ2v) is 6.29. The predicted molar refractivity (Wildman–Crippen MR) is 93.1 cm³/mol. The fourth-order valence-corrected chi connectivity index (χ4v) is 3.03. The monoisotopic (exact) mass is 389 g/mol. The van der Waals surface area contributed by atoms with Gasteiger partial charge in [-0.2, -0.15) is 0 Å². The molecule has 0 saturated carbocycles. The number of carbonyl (C=O) groups is 2. The van der Waals surface area contributed by atoms with Crippen molar-refractivity contribution in [3.8, 4) is 5.75 Å². The second-order valence-electron chi connectivity index (χ2n) is 5.38. The first-order valence-corrected chi connectivity index (χ1v) is 8.25. The molecule has 0 aromatic heterocycles. The van der Waals surface area contributed by atoms with E-state index < -0.39 is 12.0 Å². The summed E-state index contributed by atoms with van der Waals surface area (Å²) in [5, 5.41) is 0. The lowest BCUT2D eigenvalue weighted by atomic mass is 10.1. The molecule has 2 aromatic rings. The number of carbonyl (C=O) groups excluding carboxylic acids is 2. The van der Waals surface area contributed by atoms with Crippen LogP contribution in [0.4, 0.5) is 5.69 Å². The van der Waals surface area contributed by atoms with Crippen molar-refractivity contribution in [2.24, 2.45) is 0 Å². The van der Waals surface area contributed by atoms with Crippen LogP contribution in [0.5, 0.6) is 5.75 Å². The van der Waals surface area contributed by atoms with Gasteiger partial charge in [0.15, 0.2) is 6.61 Å². The number of esters is 1. The van der Waals surface area contributed by atoms with Gasteiger partial charge >= 0.3 is 5.97 Å². The Balaban J connectivity index is 1.77. The van der Waals surface area contributed by atoms with Gasteiger partial charge in [-0.1, -0.05) is 34.1 Å². The number of amides is 1. The van der Waals surface area contributed by atoms with Gasteiger partial charge in [-0.25, -0.2) is 4.79 Å². The molecule has 5 nitrogen and oxygen atoms in total. The van der Waals surface area contributed by atoms with Gasteiger partial charge in [-0.15, -0.1) is 0 Å². The van der Waals surface area contributed by atoms with Gasteiger partial charge in [0, 0.05) is 16.6 Å². The third-order valence-electron chi connectivity index (χ3n) is 3.89. The third-order valence-corrected chi connectivity index (χ3v) is 4.42. The topological polar surface area (TPSA) is 55.8 Å². The van der Waals surface area contributed by atoms with E-state index in [1.807, 2.05) is 36.4 Å². The summed E-state index contributed by atoms with van der Waals surface area (Å²) < 4.78 is 11.3. The Morgan fingerprint density at radius 2 is 1.88 bits per heavy atom. The van der Waals surface area contributed by atoms with Gasteiger partial charge in [-0.05, 0) is 35.9 Å². The summed E-state index contributed by atoms with van der Waals surface area (Å²) in [5.74, 6) is -0.116. The van der Waals surface area contributed by atoms with Crippen molar-refractivity contribution in [2.45, 2.75) is 12.5 Å². The van der Waals surface area contributed by atoms with E-state index >= 15 is 0 Å². The van der Waals surface area contributed by atoms with E-state index in [-0.39, 0.29) is 12.5 Å². The summed E-state index contributed by atoms with van der Waals surface area (Å²) in [7, 11) is 1.33. The Bertz CT molecular complexity index is 760. The predicted octanol–water partition coefficient (Wildman–Crippen LogP) is 2.96. The van der Waals surface area contributed by atoms with Crippen LogP contribution in [-0.4, -0.2) is 31.6 Å². The number of anilines is 1. The maximum Gasteiger partial charge on any atom is 0.329 e. The molecule has 1 aliphatic heterocycles. The molecule has 1 unspecified atom stereocenters. The average Bonchev–Trinajstić information content (AvgIpc) is 3.00. The summed E-state index contributed by atoms with van der Waals surface area (Å²) in [6, 6.07) is 14.0. The number of rotatable bonds is 4. The Hall–Kier alpha value is -2.34. The van der Waals surface area contributed by atoms with Crippen LogP contribution in [0.25, 0.3) is 0 Å². The maximum absolute atomic E-state index is 12.7. The summed E-state index contributed by atoms with van der Waals surface area (Å²) >= 11 is 3.35. The highest BCUT2D eigenvalue weighted by atomic mass is 79.9. The SMILES string of the molecule is COC(=O)C1Cc2ccccc2N1C(=O)COc1ccc(Br)cc1. The van der Waals surface area contributed by atoms with Gasteiger partial charge in [0.2, 0.25) is 0 Å². The standard InChI is InChI=1S/C18H16BrNO4/c1-23-18(22)16-10-12-4-2-3-5-15(12)20(16)17(21)11-24-14-8-6-13(19)7-9-14/h2-9,16H,10-11H2,1H3. The fourth-order valence-electron chi connectivity index (χ4n) is 2.76. The molecular weight excluding hydrogens is 374 g/mol. The molecule has 0 N–H and O–H groups in total. The smallest absolute Gasteiger partial charge is 0.329 e. The largest absolute Gasteiger partial charge is 0.484 e. The van der Waals surface area contributed by atoms with Crippen LogP contribution in [0.1, 0.15) is 5.56 Å². The molecule has 1 amide bonds. The average molecular weight is 390 g/mol. The number of methoxy groups -OCH3 is 1. The Morgan fingerprint density at radius 1 is 1.17 bits per heavy atom. The summed E-state index contributed by atoms with van der Waals surface area (Å²) in [6.45, 7) is -0.149. The molecule has 6 heteroatoms. The fraction of sp³-hybridized carbons (Fsp3) is 0.222. The van der Waals surface area contributed by atoms with Crippen molar-refractivity contribution in [1.29, 1.82) is 0 Å². The first-order valence-electron chi connectivity index (χ1n) is 7.46. The van der Waals surface area contributed by atoms with Crippen LogP contribution >= 0.6 is 15.9 Å². The summed E-state index contributed by atoms with van der Waals surface area (Å²) in [5.41, 5.74) is 1.68. The molecule has 0 spiro atoms. The first-order chi connectivity index (χ1) is 11.6. The number of nitrogens with zero attached hydrogens (tertiary/aromatic N) is 1. The van der Waals surface area contributed by atoms with E-state index in [2.05, 4.69) is 15.9 Å². The molecule has 1 atom stereocenters. The highest BCUT2D eigenvalue weighted by Gasteiger charge is 2.38. The molecule has 0 aliphatic carbocycles. The van der Waals surface area contributed by atoms with Crippen LogP contribution in [0, 0.1) is 0 Å². The number of hydrogen-bond donors (Lipinski definition) is 0. The highest BCUT2D eigenvalue weighted by molar-refractivity contribution is 9.10. The molecule has 3 rings (SSSR count). The minimum Gasteiger partial charge on any atom is -0.484 e. The van der Waals surface area contributed by atoms with Gasteiger partial charge in [0.25, 0.3) is 5.91 Å². The number of hydrogen-bond acceptors (Lipinski definition) is 4. The molecule has 0 bridgehead atoms.